The summed E-state index contributed by atoms with van der Waals surface area (Å²) in [6.07, 6.45) is 3.67. The fourth-order valence-electron chi connectivity index (χ4n) is 1.27. The molecule has 1 aliphatic rings. The van der Waals surface area contributed by atoms with Gasteiger partial charge >= 0.3 is 18.9 Å². The van der Waals surface area contributed by atoms with Crippen LogP contribution in [0, 0.1) is 0 Å². The molecule has 0 aromatic heterocycles. The zero-order valence-corrected chi connectivity index (χ0v) is 9.52. The number of rotatable bonds is 1. The van der Waals surface area contributed by atoms with Crippen molar-refractivity contribution in [1.29, 1.82) is 0 Å². The first kappa shape index (κ1) is 11.3. The monoisotopic (exact) mass is 160 g/mol. The first-order chi connectivity index (χ1) is 4.61. The van der Waals surface area contributed by atoms with Gasteiger partial charge in [0.1, 0.15) is 0 Å². The van der Waals surface area contributed by atoms with Crippen LogP contribution in [0.5, 0.6) is 0 Å². The molecule has 0 saturated carbocycles. The Bertz CT molecular complexity index is 207. The van der Waals surface area contributed by atoms with Gasteiger partial charge in [0.15, 0.2) is 0 Å². The largest absolute Gasteiger partial charge is 1.00 e. The minimum atomic E-state index is -0.480. The Kier molecular flexibility index (Phi) is 4.47. The minimum Gasteiger partial charge on any atom is -1.00 e. The van der Waals surface area contributed by atoms with Crippen molar-refractivity contribution in [1.82, 2.24) is 0 Å². The van der Waals surface area contributed by atoms with Gasteiger partial charge in [-0.1, -0.05) is 35.5 Å². The average molecular weight is 160 g/mol. The van der Waals surface area contributed by atoms with Crippen molar-refractivity contribution in [2.75, 3.05) is 0 Å². The predicted octanol–water partition coefficient (Wildman–Crippen LogP) is -0.205. The molecule has 0 radical (unpaired) electrons. The second kappa shape index (κ2) is 4.35. The van der Waals surface area contributed by atoms with Crippen LogP contribution < -0.4 is 18.9 Å². The molecule has 0 fully saturated rings. The molecule has 0 atom stereocenters. The SMILES string of the molecule is CC1=C(C)CC([SiH](C)C)=C1.[H-].[Li+]. The molecule has 0 heterocycles. The number of hydrogen-bond donors (Lipinski definition) is 0. The quantitative estimate of drug-likeness (QED) is 0.466. The molecule has 0 aliphatic heterocycles. The molecular formula is C9H17LiSi. The molecule has 2 heteroatoms. The van der Waals surface area contributed by atoms with E-state index in [-0.39, 0.29) is 20.3 Å². The molecule has 0 unspecified atom stereocenters. The van der Waals surface area contributed by atoms with Crippen molar-refractivity contribution < 1.29 is 20.3 Å². The zero-order valence-electron chi connectivity index (χ0n) is 9.36. The summed E-state index contributed by atoms with van der Waals surface area (Å²) in [7, 11) is -0.480. The maximum Gasteiger partial charge on any atom is 1.00 e. The van der Waals surface area contributed by atoms with Crippen LogP contribution in [0.15, 0.2) is 22.4 Å². The van der Waals surface area contributed by atoms with Gasteiger partial charge in [0.05, 0.1) is 8.80 Å². The molecular weight excluding hydrogens is 143 g/mol. The fraction of sp³-hybridized carbons (Fsp3) is 0.556. The topological polar surface area (TPSA) is 0 Å². The molecule has 0 aromatic carbocycles. The molecule has 0 N–H and O–H groups in total. The Morgan fingerprint density at radius 1 is 1.36 bits per heavy atom. The average Bonchev–Trinajstić information content (AvgIpc) is 2.13. The second-order valence-corrected chi connectivity index (χ2v) is 6.57. The first-order valence-corrected chi connectivity index (χ1v) is 6.86. The third-order valence-electron chi connectivity index (χ3n) is 2.29. The number of hydrogen-bond acceptors (Lipinski definition) is 0. The van der Waals surface area contributed by atoms with Gasteiger partial charge in [0, 0.05) is 0 Å². The molecule has 0 nitrogen and oxygen atoms in total. The Labute approximate surface area is 85.0 Å². The summed E-state index contributed by atoms with van der Waals surface area (Å²) >= 11 is 0. The van der Waals surface area contributed by atoms with E-state index in [4.69, 9.17) is 0 Å². The molecule has 0 saturated heterocycles. The summed E-state index contributed by atoms with van der Waals surface area (Å²) in [5.74, 6) is 0. The van der Waals surface area contributed by atoms with Gasteiger partial charge in [-0.2, -0.15) is 0 Å². The van der Waals surface area contributed by atoms with E-state index in [0.717, 1.165) is 0 Å². The van der Waals surface area contributed by atoms with Gasteiger partial charge in [0.25, 0.3) is 0 Å². The minimum absolute atomic E-state index is 0. The molecule has 11 heavy (non-hydrogen) atoms. The van der Waals surface area contributed by atoms with Crippen molar-refractivity contribution in [2.24, 2.45) is 0 Å². The fourth-order valence-corrected chi connectivity index (χ4v) is 2.57. The maximum absolute atomic E-state index is 2.40. The van der Waals surface area contributed by atoms with E-state index >= 15 is 0 Å². The molecule has 0 aromatic rings. The van der Waals surface area contributed by atoms with Crippen molar-refractivity contribution in [3.63, 3.8) is 0 Å². The molecule has 1 rings (SSSR count). The van der Waals surface area contributed by atoms with E-state index in [2.05, 4.69) is 33.0 Å². The summed E-state index contributed by atoms with van der Waals surface area (Å²) in [6.45, 7) is 9.27. The summed E-state index contributed by atoms with van der Waals surface area (Å²) in [4.78, 5) is 0. The predicted molar refractivity (Wildman–Crippen MR) is 51.1 cm³/mol. The summed E-state index contributed by atoms with van der Waals surface area (Å²) in [6, 6.07) is 0. The molecule has 0 bridgehead atoms. The van der Waals surface area contributed by atoms with E-state index in [1.165, 1.54) is 12.0 Å². The van der Waals surface area contributed by atoms with E-state index in [1.807, 2.05) is 0 Å². The van der Waals surface area contributed by atoms with Crippen LogP contribution in [-0.4, -0.2) is 8.80 Å². The standard InChI is InChI=1S/C9H16Si.Li.H/c1-7-5-9(10(3)4)6-8(7)2;;/h5,10H,6H2,1-4H3;;/q;+1;-1. The Morgan fingerprint density at radius 3 is 2.09 bits per heavy atom. The Balaban J connectivity index is 0. The Hall–Kier alpha value is 0.294. The van der Waals surface area contributed by atoms with Gasteiger partial charge < -0.3 is 1.43 Å². The van der Waals surface area contributed by atoms with Crippen LogP contribution in [0.4, 0.5) is 0 Å². The van der Waals surface area contributed by atoms with Gasteiger partial charge in [0.2, 0.25) is 0 Å². The molecule has 0 spiro atoms. The van der Waals surface area contributed by atoms with Gasteiger partial charge in [-0.05, 0) is 20.3 Å². The van der Waals surface area contributed by atoms with Crippen molar-refractivity contribution in [2.45, 2.75) is 33.4 Å². The van der Waals surface area contributed by atoms with Crippen molar-refractivity contribution in [3.8, 4) is 0 Å². The van der Waals surface area contributed by atoms with Gasteiger partial charge in [-0.25, -0.2) is 0 Å². The van der Waals surface area contributed by atoms with Gasteiger partial charge in [-0.3, -0.25) is 0 Å². The Morgan fingerprint density at radius 2 is 1.91 bits per heavy atom. The van der Waals surface area contributed by atoms with E-state index in [9.17, 15) is 0 Å². The maximum atomic E-state index is 2.40. The number of allylic oxidation sites excluding steroid dienone is 4. The van der Waals surface area contributed by atoms with Crippen LogP contribution in [0.3, 0.4) is 0 Å². The molecule has 58 valence electrons. The summed E-state index contributed by atoms with van der Waals surface area (Å²) < 4.78 is 0. The van der Waals surface area contributed by atoms with E-state index in [1.54, 1.807) is 10.8 Å². The third-order valence-corrected chi connectivity index (χ3v) is 4.14. The zero-order chi connectivity index (χ0) is 7.72. The van der Waals surface area contributed by atoms with Gasteiger partial charge in [-0.15, -0.1) is 0 Å². The van der Waals surface area contributed by atoms with Crippen LogP contribution >= 0.6 is 0 Å². The first-order valence-electron chi connectivity index (χ1n) is 3.98. The smallest absolute Gasteiger partial charge is 1.00 e. The summed E-state index contributed by atoms with van der Waals surface area (Å²) in [5, 5.41) is 1.73. The van der Waals surface area contributed by atoms with Crippen LogP contribution in [-0.2, 0) is 0 Å². The molecule has 0 amide bonds. The van der Waals surface area contributed by atoms with Crippen LogP contribution in [0.1, 0.15) is 21.7 Å². The third kappa shape index (κ3) is 2.67. The normalized spacial score (nSPS) is 17.0. The second-order valence-electron chi connectivity index (χ2n) is 3.51. The van der Waals surface area contributed by atoms with E-state index < -0.39 is 8.80 Å². The molecule has 1 aliphatic carbocycles. The van der Waals surface area contributed by atoms with Crippen molar-refractivity contribution in [3.05, 3.63) is 22.4 Å². The van der Waals surface area contributed by atoms with E-state index in [0.29, 0.717) is 0 Å². The van der Waals surface area contributed by atoms with Crippen LogP contribution in [0.25, 0.3) is 0 Å². The van der Waals surface area contributed by atoms with Crippen LogP contribution in [0.2, 0.25) is 13.1 Å². The summed E-state index contributed by atoms with van der Waals surface area (Å²) in [5.41, 5.74) is 3.09. The van der Waals surface area contributed by atoms with Crippen molar-refractivity contribution >= 4 is 8.80 Å².